The molecule has 0 aliphatic carbocycles. The quantitative estimate of drug-likeness (QED) is 0.913. The molecular weight excluding hydrogens is 238 g/mol. The summed E-state index contributed by atoms with van der Waals surface area (Å²) in [6.07, 6.45) is 4.00. The van der Waals surface area contributed by atoms with E-state index in [1.54, 1.807) is 0 Å². The third kappa shape index (κ3) is 2.56. The lowest BCUT2D eigenvalue weighted by Gasteiger charge is -2.26. The lowest BCUT2D eigenvalue weighted by atomic mass is 10.1. The Morgan fingerprint density at radius 3 is 2.68 bits per heavy atom. The fraction of sp³-hybridized carbons (Fsp3) is 0.571. The van der Waals surface area contributed by atoms with Gasteiger partial charge in [0.2, 0.25) is 5.95 Å². The number of likely N-dealkylation sites (tertiary alicyclic amines) is 1. The number of nitrogens with two attached hydrogens (primary N) is 1. The molecule has 2 N–H and O–H groups in total. The van der Waals surface area contributed by atoms with Crippen LogP contribution in [0.2, 0.25) is 0 Å². The van der Waals surface area contributed by atoms with Crippen LogP contribution in [0.5, 0.6) is 0 Å². The standard InChI is InChI=1S/C14H21N5/c1-11-5-6-12-13(16-11)19(14(15)17-12)10-9-18-7-3-2-4-8-18/h5-6H,2-4,7-10H2,1H3,(H2,15,17). The molecule has 3 heterocycles. The van der Waals surface area contributed by atoms with Gasteiger partial charge < -0.3 is 10.6 Å². The molecule has 1 aliphatic rings. The SMILES string of the molecule is Cc1ccc2nc(N)n(CCN3CCCCC3)c2n1. The van der Waals surface area contributed by atoms with Crippen LogP contribution >= 0.6 is 0 Å². The van der Waals surface area contributed by atoms with Crippen LogP contribution < -0.4 is 5.73 Å². The molecule has 0 bridgehead atoms. The second kappa shape index (κ2) is 5.17. The molecule has 1 saturated heterocycles. The number of nitrogens with zero attached hydrogens (tertiary/aromatic N) is 4. The minimum Gasteiger partial charge on any atom is -0.369 e. The van der Waals surface area contributed by atoms with Crippen molar-refractivity contribution in [3.05, 3.63) is 17.8 Å². The summed E-state index contributed by atoms with van der Waals surface area (Å²) >= 11 is 0. The first kappa shape index (κ1) is 12.4. The van der Waals surface area contributed by atoms with Crippen LogP contribution in [0.15, 0.2) is 12.1 Å². The van der Waals surface area contributed by atoms with E-state index >= 15 is 0 Å². The Morgan fingerprint density at radius 2 is 1.89 bits per heavy atom. The van der Waals surface area contributed by atoms with Crippen molar-refractivity contribution in [2.45, 2.75) is 32.7 Å². The van der Waals surface area contributed by atoms with Gasteiger partial charge in [-0.05, 0) is 45.0 Å². The highest BCUT2D eigenvalue weighted by Crippen LogP contribution is 2.17. The number of aromatic nitrogens is 3. The predicted octanol–water partition coefficient (Wildman–Crippen LogP) is 1.81. The van der Waals surface area contributed by atoms with Gasteiger partial charge in [0, 0.05) is 18.8 Å². The zero-order chi connectivity index (χ0) is 13.2. The van der Waals surface area contributed by atoms with Crippen molar-refractivity contribution in [2.24, 2.45) is 0 Å². The Balaban J connectivity index is 1.79. The zero-order valence-electron chi connectivity index (χ0n) is 11.5. The number of anilines is 1. The average Bonchev–Trinajstić information content (AvgIpc) is 2.73. The molecule has 2 aromatic heterocycles. The number of piperidine rings is 1. The third-order valence-electron chi connectivity index (χ3n) is 3.85. The number of aryl methyl sites for hydroxylation is 1. The van der Waals surface area contributed by atoms with Gasteiger partial charge >= 0.3 is 0 Å². The number of hydrogen-bond donors (Lipinski definition) is 1. The second-order valence-corrected chi connectivity index (χ2v) is 5.32. The van der Waals surface area contributed by atoms with Crippen molar-refractivity contribution < 1.29 is 0 Å². The van der Waals surface area contributed by atoms with Crippen LogP contribution in [0.25, 0.3) is 11.2 Å². The van der Waals surface area contributed by atoms with Gasteiger partial charge in [0.05, 0.1) is 0 Å². The number of rotatable bonds is 3. The van der Waals surface area contributed by atoms with Crippen LogP contribution in [0.3, 0.4) is 0 Å². The van der Waals surface area contributed by atoms with Crippen LogP contribution in [0.4, 0.5) is 5.95 Å². The summed E-state index contributed by atoms with van der Waals surface area (Å²) in [6.45, 7) is 6.32. The molecule has 5 nitrogen and oxygen atoms in total. The molecular formula is C14H21N5. The molecule has 0 amide bonds. The number of fused-ring (bicyclic) bond motifs is 1. The number of pyridine rings is 1. The molecule has 0 atom stereocenters. The van der Waals surface area contributed by atoms with Gasteiger partial charge in [-0.3, -0.25) is 4.57 Å². The number of nitrogen functional groups attached to an aromatic ring is 1. The summed E-state index contributed by atoms with van der Waals surface area (Å²) in [6, 6.07) is 3.97. The monoisotopic (exact) mass is 259 g/mol. The summed E-state index contributed by atoms with van der Waals surface area (Å²) in [5, 5.41) is 0. The van der Waals surface area contributed by atoms with Crippen molar-refractivity contribution in [3.8, 4) is 0 Å². The Bertz CT molecular complexity index is 568. The molecule has 19 heavy (non-hydrogen) atoms. The van der Waals surface area contributed by atoms with E-state index in [0.717, 1.165) is 29.9 Å². The Hall–Kier alpha value is -1.62. The van der Waals surface area contributed by atoms with E-state index in [2.05, 4.69) is 14.9 Å². The van der Waals surface area contributed by atoms with E-state index in [1.807, 2.05) is 23.6 Å². The van der Waals surface area contributed by atoms with Gasteiger partial charge in [-0.15, -0.1) is 0 Å². The molecule has 5 heteroatoms. The first-order valence-electron chi connectivity index (χ1n) is 7.06. The van der Waals surface area contributed by atoms with Crippen molar-refractivity contribution in [2.75, 3.05) is 25.4 Å². The minimum absolute atomic E-state index is 0.574. The average molecular weight is 259 g/mol. The van der Waals surface area contributed by atoms with Gasteiger partial charge in [-0.1, -0.05) is 6.42 Å². The fourth-order valence-electron chi connectivity index (χ4n) is 2.76. The van der Waals surface area contributed by atoms with Crippen LogP contribution in [-0.2, 0) is 6.54 Å². The maximum atomic E-state index is 6.01. The van der Waals surface area contributed by atoms with Crippen molar-refractivity contribution in [1.29, 1.82) is 0 Å². The largest absolute Gasteiger partial charge is 0.369 e. The molecule has 0 spiro atoms. The molecule has 1 aliphatic heterocycles. The number of hydrogen-bond acceptors (Lipinski definition) is 4. The normalized spacial score (nSPS) is 17.1. The molecule has 0 radical (unpaired) electrons. The Kier molecular flexibility index (Phi) is 3.38. The van der Waals surface area contributed by atoms with E-state index in [9.17, 15) is 0 Å². The van der Waals surface area contributed by atoms with Gasteiger partial charge in [-0.25, -0.2) is 9.97 Å². The zero-order valence-corrected chi connectivity index (χ0v) is 11.5. The molecule has 3 rings (SSSR count). The van der Waals surface area contributed by atoms with E-state index in [-0.39, 0.29) is 0 Å². The molecule has 0 saturated carbocycles. The molecule has 0 unspecified atom stereocenters. The number of imidazole rings is 1. The van der Waals surface area contributed by atoms with Gasteiger partial charge in [0.1, 0.15) is 5.52 Å². The molecule has 102 valence electrons. The lowest BCUT2D eigenvalue weighted by molar-refractivity contribution is 0.222. The third-order valence-corrected chi connectivity index (χ3v) is 3.85. The van der Waals surface area contributed by atoms with E-state index in [4.69, 9.17) is 5.73 Å². The summed E-state index contributed by atoms with van der Waals surface area (Å²) in [7, 11) is 0. The lowest BCUT2D eigenvalue weighted by Crippen LogP contribution is -2.32. The van der Waals surface area contributed by atoms with Gasteiger partial charge in [-0.2, -0.15) is 0 Å². The predicted molar refractivity (Wildman–Crippen MR) is 77.0 cm³/mol. The summed E-state index contributed by atoms with van der Waals surface area (Å²) < 4.78 is 2.04. The Morgan fingerprint density at radius 1 is 1.11 bits per heavy atom. The molecule has 0 aromatic carbocycles. The van der Waals surface area contributed by atoms with Crippen LogP contribution in [-0.4, -0.2) is 39.1 Å². The maximum absolute atomic E-state index is 6.01. The summed E-state index contributed by atoms with van der Waals surface area (Å²) in [5.41, 5.74) is 8.82. The highest BCUT2D eigenvalue weighted by molar-refractivity contribution is 5.74. The highest BCUT2D eigenvalue weighted by Gasteiger charge is 2.13. The molecule has 2 aromatic rings. The van der Waals surface area contributed by atoms with Crippen LogP contribution in [0, 0.1) is 6.92 Å². The smallest absolute Gasteiger partial charge is 0.202 e. The second-order valence-electron chi connectivity index (χ2n) is 5.32. The first-order chi connectivity index (χ1) is 9.24. The molecule has 1 fully saturated rings. The van der Waals surface area contributed by atoms with E-state index in [1.165, 1.54) is 32.4 Å². The Labute approximate surface area is 113 Å². The first-order valence-corrected chi connectivity index (χ1v) is 7.06. The minimum atomic E-state index is 0.574. The maximum Gasteiger partial charge on any atom is 0.202 e. The van der Waals surface area contributed by atoms with E-state index < -0.39 is 0 Å². The van der Waals surface area contributed by atoms with Crippen molar-refractivity contribution in [1.82, 2.24) is 19.4 Å². The fourth-order valence-corrected chi connectivity index (χ4v) is 2.76. The summed E-state index contributed by atoms with van der Waals surface area (Å²) in [5.74, 6) is 0.574. The van der Waals surface area contributed by atoms with Crippen LogP contribution in [0.1, 0.15) is 25.0 Å². The topological polar surface area (TPSA) is 60.0 Å². The van der Waals surface area contributed by atoms with Crippen molar-refractivity contribution in [3.63, 3.8) is 0 Å². The summed E-state index contributed by atoms with van der Waals surface area (Å²) in [4.78, 5) is 11.4. The van der Waals surface area contributed by atoms with Gasteiger partial charge in [0.15, 0.2) is 5.65 Å². The highest BCUT2D eigenvalue weighted by atomic mass is 15.2. The van der Waals surface area contributed by atoms with E-state index in [0.29, 0.717) is 5.95 Å². The van der Waals surface area contributed by atoms with Crippen molar-refractivity contribution >= 4 is 17.1 Å². The van der Waals surface area contributed by atoms with Gasteiger partial charge in [0.25, 0.3) is 0 Å².